The third-order valence-electron chi connectivity index (χ3n) is 3.13. The SMILES string of the molecule is Cc1c(Cn2ccc(N=S)n2)cccc1NC(=O)OC(C)(C)C. The van der Waals surface area contributed by atoms with Crippen molar-refractivity contribution in [1.29, 1.82) is 0 Å². The fraction of sp³-hybridized carbons (Fsp3) is 0.375. The maximum atomic E-state index is 11.9. The van der Waals surface area contributed by atoms with Crippen LogP contribution in [0.1, 0.15) is 31.9 Å². The number of carbonyl (C=O) groups is 1. The van der Waals surface area contributed by atoms with Gasteiger partial charge < -0.3 is 4.74 Å². The Kier molecular flexibility index (Phi) is 5.10. The van der Waals surface area contributed by atoms with Crippen LogP contribution in [-0.2, 0) is 23.7 Å². The summed E-state index contributed by atoms with van der Waals surface area (Å²) >= 11 is 4.62. The summed E-state index contributed by atoms with van der Waals surface area (Å²) in [5.74, 6) is 0.515. The van der Waals surface area contributed by atoms with Crippen molar-refractivity contribution in [3.63, 3.8) is 0 Å². The molecule has 0 bridgehead atoms. The van der Waals surface area contributed by atoms with Gasteiger partial charge in [0.15, 0.2) is 5.82 Å². The molecule has 1 aromatic heterocycles. The number of hydrogen-bond donors (Lipinski definition) is 1. The van der Waals surface area contributed by atoms with E-state index in [1.54, 1.807) is 10.7 Å². The number of ether oxygens (including phenoxy) is 1. The van der Waals surface area contributed by atoms with Crippen LogP contribution in [0, 0.1) is 6.92 Å². The van der Waals surface area contributed by atoms with Gasteiger partial charge in [-0.05, 0) is 44.9 Å². The molecular weight excluding hydrogens is 312 g/mol. The quantitative estimate of drug-likeness (QED) is 0.920. The first-order valence-corrected chi connectivity index (χ1v) is 7.60. The number of carbonyl (C=O) groups excluding carboxylic acids is 1. The van der Waals surface area contributed by atoms with Crippen molar-refractivity contribution in [2.45, 2.75) is 39.8 Å². The van der Waals surface area contributed by atoms with Gasteiger partial charge in [0, 0.05) is 30.4 Å². The van der Waals surface area contributed by atoms with E-state index in [9.17, 15) is 4.79 Å². The first-order valence-electron chi connectivity index (χ1n) is 7.24. The summed E-state index contributed by atoms with van der Waals surface area (Å²) in [6, 6.07) is 7.47. The van der Waals surface area contributed by atoms with Gasteiger partial charge in [-0.1, -0.05) is 12.1 Å². The van der Waals surface area contributed by atoms with E-state index in [-0.39, 0.29) is 0 Å². The summed E-state index contributed by atoms with van der Waals surface area (Å²) in [4.78, 5) is 11.9. The van der Waals surface area contributed by atoms with E-state index < -0.39 is 11.7 Å². The van der Waals surface area contributed by atoms with Crippen molar-refractivity contribution >= 4 is 30.0 Å². The van der Waals surface area contributed by atoms with Crippen LogP contribution in [0.15, 0.2) is 34.8 Å². The van der Waals surface area contributed by atoms with Crippen molar-refractivity contribution in [2.75, 3.05) is 5.32 Å². The molecular formula is C16H20N4O2S. The topological polar surface area (TPSA) is 68.5 Å². The van der Waals surface area contributed by atoms with Crippen molar-refractivity contribution in [2.24, 2.45) is 4.36 Å². The molecule has 1 aromatic carbocycles. The van der Waals surface area contributed by atoms with E-state index in [1.165, 1.54) is 0 Å². The fourth-order valence-corrected chi connectivity index (χ4v) is 2.16. The van der Waals surface area contributed by atoms with Gasteiger partial charge in [0.2, 0.25) is 0 Å². The number of aromatic nitrogens is 2. The molecule has 0 fully saturated rings. The zero-order valence-corrected chi connectivity index (χ0v) is 14.5. The Bertz CT molecular complexity index is 719. The molecule has 2 aromatic rings. The molecule has 0 spiro atoms. The van der Waals surface area contributed by atoms with Crippen LogP contribution in [0.25, 0.3) is 0 Å². The minimum Gasteiger partial charge on any atom is -0.444 e. The van der Waals surface area contributed by atoms with E-state index in [0.717, 1.165) is 16.8 Å². The molecule has 0 saturated carbocycles. The predicted octanol–water partition coefficient (Wildman–Crippen LogP) is 3.95. The highest BCUT2D eigenvalue weighted by Gasteiger charge is 2.17. The van der Waals surface area contributed by atoms with Crippen LogP contribution in [0.3, 0.4) is 0 Å². The van der Waals surface area contributed by atoms with Gasteiger partial charge in [-0.15, -0.1) is 0 Å². The Labute approximate surface area is 141 Å². The number of rotatable bonds is 4. The first kappa shape index (κ1) is 17.1. The molecule has 6 nitrogen and oxygen atoms in total. The molecule has 0 radical (unpaired) electrons. The Morgan fingerprint density at radius 3 is 2.74 bits per heavy atom. The van der Waals surface area contributed by atoms with E-state index >= 15 is 0 Å². The maximum Gasteiger partial charge on any atom is 0.412 e. The highest BCUT2D eigenvalue weighted by Crippen LogP contribution is 2.21. The second-order valence-electron chi connectivity index (χ2n) is 6.18. The summed E-state index contributed by atoms with van der Waals surface area (Å²) in [7, 11) is 0. The number of nitrogens with zero attached hydrogens (tertiary/aromatic N) is 3. The molecule has 7 heteroatoms. The minimum atomic E-state index is -0.533. The largest absolute Gasteiger partial charge is 0.444 e. The maximum absolute atomic E-state index is 11.9. The molecule has 0 aliphatic carbocycles. The number of benzene rings is 1. The number of amides is 1. The lowest BCUT2D eigenvalue weighted by atomic mass is 10.1. The molecule has 0 unspecified atom stereocenters. The Morgan fingerprint density at radius 1 is 1.39 bits per heavy atom. The van der Waals surface area contributed by atoms with Crippen molar-refractivity contribution in [1.82, 2.24) is 9.78 Å². The van der Waals surface area contributed by atoms with E-state index in [4.69, 9.17) is 4.74 Å². The zero-order chi connectivity index (χ0) is 17.0. The van der Waals surface area contributed by atoms with E-state index in [0.29, 0.717) is 12.4 Å². The molecule has 1 amide bonds. The van der Waals surface area contributed by atoms with Crippen LogP contribution in [-0.4, -0.2) is 21.5 Å². The fourth-order valence-electron chi connectivity index (χ4n) is 2.07. The standard InChI is InChI=1S/C16H20N4O2S/c1-11-12(10-20-9-8-14(18-20)19-23)6-5-7-13(11)17-15(21)22-16(2,3)4/h5-9H,10H2,1-4H3,(H,17,21). The van der Waals surface area contributed by atoms with Crippen LogP contribution in [0.2, 0.25) is 0 Å². The molecule has 0 saturated heterocycles. The summed E-state index contributed by atoms with van der Waals surface area (Å²) < 4.78 is 10.7. The molecule has 0 atom stereocenters. The van der Waals surface area contributed by atoms with Gasteiger partial charge in [0.25, 0.3) is 0 Å². The van der Waals surface area contributed by atoms with Gasteiger partial charge in [0.1, 0.15) is 5.60 Å². The lowest BCUT2D eigenvalue weighted by Gasteiger charge is -2.20. The summed E-state index contributed by atoms with van der Waals surface area (Å²) in [6.45, 7) is 8.00. The normalized spacial score (nSPS) is 11.1. The second kappa shape index (κ2) is 6.87. The summed E-state index contributed by atoms with van der Waals surface area (Å²) in [5.41, 5.74) is 2.19. The average molecular weight is 332 g/mol. The third-order valence-corrected chi connectivity index (χ3v) is 3.32. The van der Waals surface area contributed by atoms with E-state index in [2.05, 4.69) is 27.2 Å². The number of hydrogen-bond acceptors (Lipinski definition) is 5. The van der Waals surface area contributed by atoms with Crippen LogP contribution >= 0.6 is 0 Å². The summed E-state index contributed by atoms with van der Waals surface area (Å²) in [6.07, 6.45) is 1.35. The van der Waals surface area contributed by atoms with Crippen molar-refractivity contribution < 1.29 is 9.53 Å². The van der Waals surface area contributed by atoms with Crippen molar-refractivity contribution in [3.8, 4) is 0 Å². The third kappa shape index (κ3) is 4.85. The van der Waals surface area contributed by atoms with Crippen LogP contribution in [0.5, 0.6) is 0 Å². The number of nitrogens with one attached hydrogen (secondary N) is 1. The highest BCUT2D eigenvalue weighted by atomic mass is 32.1. The predicted molar refractivity (Wildman–Crippen MR) is 91.8 cm³/mol. The highest BCUT2D eigenvalue weighted by molar-refractivity contribution is 7.47. The van der Waals surface area contributed by atoms with Gasteiger partial charge in [0.05, 0.1) is 6.54 Å². The Hall–Kier alpha value is -2.28. The van der Waals surface area contributed by atoms with Gasteiger partial charge in [-0.2, -0.15) is 9.46 Å². The van der Waals surface area contributed by atoms with Gasteiger partial charge >= 0.3 is 6.09 Å². The van der Waals surface area contributed by atoms with E-state index in [1.807, 2.05) is 52.1 Å². The molecule has 2 rings (SSSR count). The summed E-state index contributed by atoms with van der Waals surface area (Å²) in [5, 5.41) is 7.02. The Morgan fingerprint density at radius 2 is 2.13 bits per heavy atom. The molecule has 122 valence electrons. The van der Waals surface area contributed by atoms with Crippen LogP contribution < -0.4 is 5.32 Å². The second-order valence-corrected chi connectivity index (χ2v) is 6.36. The monoisotopic (exact) mass is 332 g/mol. The van der Waals surface area contributed by atoms with Crippen molar-refractivity contribution in [3.05, 3.63) is 41.6 Å². The smallest absolute Gasteiger partial charge is 0.412 e. The molecule has 1 N–H and O–H groups in total. The molecule has 1 heterocycles. The lowest BCUT2D eigenvalue weighted by molar-refractivity contribution is 0.0636. The molecule has 0 aliphatic heterocycles. The lowest BCUT2D eigenvalue weighted by Crippen LogP contribution is -2.27. The van der Waals surface area contributed by atoms with Gasteiger partial charge in [-0.3, -0.25) is 10.00 Å². The number of anilines is 1. The Balaban J connectivity index is 2.14. The minimum absolute atomic E-state index is 0.468. The first-order chi connectivity index (χ1) is 10.8. The molecule has 0 aliphatic rings. The van der Waals surface area contributed by atoms with Gasteiger partial charge in [-0.25, -0.2) is 4.79 Å². The van der Waals surface area contributed by atoms with Crippen LogP contribution in [0.4, 0.5) is 16.3 Å². The zero-order valence-electron chi connectivity index (χ0n) is 13.7. The molecule has 23 heavy (non-hydrogen) atoms. The average Bonchev–Trinajstić information content (AvgIpc) is 2.89.